The fraction of sp³-hybridized carbons (Fsp3) is 0.161. The van der Waals surface area contributed by atoms with E-state index in [9.17, 15) is 20.0 Å². The van der Waals surface area contributed by atoms with E-state index in [1.54, 1.807) is 89.8 Å². The topological polar surface area (TPSA) is 132 Å². The number of aromatic nitrogens is 1. The summed E-state index contributed by atoms with van der Waals surface area (Å²) in [7, 11) is 0. The Kier molecular flexibility index (Phi) is 7.34. The number of phenols is 1. The standard InChI is InChI=1S/C31H27N5O3/c32-18-26-25(21-10-6-11-22(16-21)31(39)36-15-7-12-23(33)19-36)17-27(24-13-4-5-14-28(24)37)34-29(26)35-30(38)20-8-2-1-3-9-20/h1-6,8-11,13-14,16-17,23,37H,7,12,15,19,33H2,(H,34,35,38). The van der Waals surface area contributed by atoms with Crippen molar-refractivity contribution in [3.05, 3.63) is 102 Å². The number of piperidine rings is 1. The molecular weight excluding hydrogens is 490 g/mol. The zero-order chi connectivity index (χ0) is 27.4. The van der Waals surface area contributed by atoms with Crippen molar-refractivity contribution in [1.82, 2.24) is 9.88 Å². The Morgan fingerprint density at radius 2 is 1.72 bits per heavy atom. The number of carbonyl (C=O) groups excluding carboxylic acids is 2. The molecule has 8 heteroatoms. The van der Waals surface area contributed by atoms with Gasteiger partial charge in [-0.3, -0.25) is 9.59 Å². The van der Waals surface area contributed by atoms with Crippen LogP contribution in [0.1, 0.15) is 39.1 Å². The van der Waals surface area contributed by atoms with Gasteiger partial charge in [0, 0.05) is 41.4 Å². The van der Waals surface area contributed by atoms with E-state index in [0.717, 1.165) is 12.8 Å². The summed E-state index contributed by atoms with van der Waals surface area (Å²) in [4.78, 5) is 32.6. The lowest BCUT2D eigenvalue weighted by atomic mass is 9.96. The van der Waals surface area contributed by atoms with Crippen molar-refractivity contribution in [2.45, 2.75) is 18.9 Å². The van der Waals surface area contributed by atoms with Gasteiger partial charge < -0.3 is 21.1 Å². The SMILES string of the molecule is N#Cc1c(-c2cccc(C(=O)N3CCCC(N)C3)c2)cc(-c2ccccc2O)nc1NC(=O)c1ccccc1. The molecule has 1 fully saturated rings. The van der Waals surface area contributed by atoms with Crippen LogP contribution in [0.25, 0.3) is 22.4 Å². The van der Waals surface area contributed by atoms with E-state index in [1.165, 1.54) is 0 Å². The number of aromatic hydroxyl groups is 1. The molecule has 0 saturated carbocycles. The lowest BCUT2D eigenvalue weighted by Crippen LogP contribution is -2.45. The molecule has 1 unspecified atom stereocenters. The number of para-hydroxylation sites is 1. The van der Waals surface area contributed by atoms with Crippen LogP contribution in [0.3, 0.4) is 0 Å². The van der Waals surface area contributed by atoms with Crippen LogP contribution in [-0.2, 0) is 0 Å². The van der Waals surface area contributed by atoms with Crippen molar-refractivity contribution in [1.29, 1.82) is 5.26 Å². The van der Waals surface area contributed by atoms with Crippen molar-refractivity contribution in [2.24, 2.45) is 5.73 Å². The maximum Gasteiger partial charge on any atom is 0.256 e. The van der Waals surface area contributed by atoms with Gasteiger partial charge in [0.2, 0.25) is 0 Å². The molecule has 0 bridgehead atoms. The number of nitriles is 1. The summed E-state index contributed by atoms with van der Waals surface area (Å²) in [6.45, 7) is 1.14. The van der Waals surface area contributed by atoms with E-state index in [0.29, 0.717) is 46.6 Å². The molecule has 0 aliphatic carbocycles. The Morgan fingerprint density at radius 3 is 2.46 bits per heavy atom. The van der Waals surface area contributed by atoms with Crippen LogP contribution >= 0.6 is 0 Å². The molecule has 3 aromatic carbocycles. The summed E-state index contributed by atoms with van der Waals surface area (Å²) in [5.41, 5.74) is 8.99. The average molecular weight is 518 g/mol. The number of nitrogens with one attached hydrogen (secondary N) is 1. The lowest BCUT2D eigenvalue weighted by Gasteiger charge is -2.31. The molecule has 1 saturated heterocycles. The van der Waals surface area contributed by atoms with Crippen molar-refractivity contribution >= 4 is 17.6 Å². The van der Waals surface area contributed by atoms with Crippen molar-refractivity contribution in [3.63, 3.8) is 0 Å². The number of nitrogens with two attached hydrogens (primary N) is 1. The number of benzene rings is 3. The molecule has 8 nitrogen and oxygen atoms in total. The molecule has 1 aromatic heterocycles. The molecule has 4 N–H and O–H groups in total. The molecule has 194 valence electrons. The number of hydrogen-bond acceptors (Lipinski definition) is 6. The number of likely N-dealkylation sites (tertiary alicyclic amines) is 1. The fourth-order valence-electron chi connectivity index (χ4n) is 4.77. The highest BCUT2D eigenvalue weighted by Gasteiger charge is 2.24. The van der Waals surface area contributed by atoms with Crippen molar-refractivity contribution in [2.75, 3.05) is 18.4 Å². The minimum Gasteiger partial charge on any atom is -0.507 e. The van der Waals surface area contributed by atoms with Gasteiger partial charge in [-0.05, 0) is 60.9 Å². The van der Waals surface area contributed by atoms with Gasteiger partial charge in [0.15, 0.2) is 5.82 Å². The second kappa shape index (κ2) is 11.2. The Bertz CT molecular complexity index is 1580. The number of pyridine rings is 1. The lowest BCUT2D eigenvalue weighted by molar-refractivity contribution is 0.0708. The number of anilines is 1. The summed E-state index contributed by atoms with van der Waals surface area (Å²) in [6, 6.07) is 26.2. The third-order valence-electron chi connectivity index (χ3n) is 6.74. The summed E-state index contributed by atoms with van der Waals surface area (Å²) >= 11 is 0. The van der Waals surface area contributed by atoms with Crippen molar-refractivity contribution < 1.29 is 14.7 Å². The maximum atomic E-state index is 13.3. The molecule has 5 rings (SSSR count). The van der Waals surface area contributed by atoms with Crippen LogP contribution in [-0.4, -0.2) is 45.9 Å². The smallest absolute Gasteiger partial charge is 0.256 e. The number of hydrogen-bond donors (Lipinski definition) is 3. The zero-order valence-corrected chi connectivity index (χ0v) is 21.2. The minimum absolute atomic E-state index is 0.00589. The molecule has 2 heterocycles. The van der Waals surface area contributed by atoms with Gasteiger partial charge in [-0.15, -0.1) is 0 Å². The predicted molar refractivity (Wildman–Crippen MR) is 149 cm³/mol. The molecule has 2 amide bonds. The van der Waals surface area contributed by atoms with Gasteiger partial charge in [0.1, 0.15) is 17.4 Å². The Labute approximate surface area is 226 Å². The Morgan fingerprint density at radius 1 is 0.974 bits per heavy atom. The van der Waals surface area contributed by atoms with Gasteiger partial charge in [-0.2, -0.15) is 5.26 Å². The molecular formula is C31H27N5O3. The van der Waals surface area contributed by atoms with Gasteiger partial charge in [-0.25, -0.2) is 4.98 Å². The van der Waals surface area contributed by atoms with E-state index in [1.807, 2.05) is 0 Å². The first kappa shape index (κ1) is 25.6. The quantitative estimate of drug-likeness (QED) is 0.348. The first-order valence-electron chi connectivity index (χ1n) is 12.7. The van der Waals surface area contributed by atoms with E-state index in [-0.39, 0.29) is 29.1 Å². The van der Waals surface area contributed by atoms with Gasteiger partial charge >= 0.3 is 0 Å². The Hall–Kier alpha value is -5.00. The zero-order valence-electron chi connectivity index (χ0n) is 21.2. The van der Waals surface area contributed by atoms with Crippen LogP contribution in [0.4, 0.5) is 5.82 Å². The monoisotopic (exact) mass is 517 g/mol. The first-order chi connectivity index (χ1) is 18.9. The number of phenolic OH excluding ortho intramolecular Hbond substituents is 1. The second-order valence-electron chi connectivity index (χ2n) is 9.46. The molecule has 0 spiro atoms. The molecule has 1 atom stereocenters. The molecule has 0 radical (unpaired) electrons. The van der Waals surface area contributed by atoms with E-state index in [2.05, 4.69) is 16.4 Å². The van der Waals surface area contributed by atoms with Crippen LogP contribution < -0.4 is 11.1 Å². The third kappa shape index (κ3) is 5.49. The average Bonchev–Trinajstić information content (AvgIpc) is 2.97. The highest BCUT2D eigenvalue weighted by molar-refractivity contribution is 6.05. The summed E-state index contributed by atoms with van der Waals surface area (Å²) in [5.74, 6) is -0.490. The minimum atomic E-state index is -0.426. The van der Waals surface area contributed by atoms with E-state index in [4.69, 9.17) is 5.73 Å². The number of amides is 2. The number of rotatable bonds is 5. The summed E-state index contributed by atoms with van der Waals surface area (Å²) in [5, 5.41) is 23.5. The molecule has 1 aliphatic heterocycles. The highest BCUT2D eigenvalue weighted by atomic mass is 16.3. The van der Waals surface area contributed by atoms with Crippen molar-refractivity contribution in [3.8, 4) is 34.2 Å². The van der Waals surface area contributed by atoms with Crippen LogP contribution in [0.15, 0.2) is 84.9 Å². The second-order valence-corrected chi connectivity index (χ2v) is 9.46. The Balaban J connectivity index is 1.61. The van der Waals surface area contributed by atoms with Crippen LogP contribution in [0.2, 0.25) is 0 Å². The number of nitrogens with zero attached hydrogens (tertiary/aromatic N) is 3. The van der Waals surface area contributed by atoms with Gasteiger partial charge in [0.25, 0.3) is 11.8 Å². The predicted octanol–water partition coefficient (Wildman–Crippen LogP) is 4.81. The highest BCUT2D eigenvalue weighted by Crippen LogP contribution is 2.36. The van der Waals surface area contributed by atoms with Gasteiger partial charge in [0.05, 0.1) is 5.69 Å². The normalized spacial score (nSPS) is 14.9. The largest absolute Gasteiger partial charge is 0.507 e. The molecule has 4 aromatic rings. The van der Waals surface area contributed by atoms with Gasteiger partial charge in [-0.1, -0.05) is 42.5 Å². The summed E-state index contributed by atoms with van der Waals surface area (Å²) < 4.78 is 0. The maximum absolute atomic E-state index is 13.3. The fourth-order valence-corrected chi connectivity index (χ4v) is 4.77. The van der Waals surface area contributed by atoms with E-state index < -0.39 is 5.91 Å². The third-order valence-corrected chi connectivity index (χ3v) is 6.74. The van der Waals surface area contributed by atoms with Crippen LogP contribution in [0.5, 0.6) is 5.75 Å². The molecule has 39 heavy (non-hydrogen) atoms. The molecule has 1 aliphatic rings. The number of carbonyl (C=O) groups is 2. The van der Waals surface area contributed by atoms with E-state index >= 15 is 0 Å². The summed E-state index contributed by atoms with van der Waals surface area (Å²) in [6.07, 6.45) is 1.74. The first-order valence-corrected chi connectivity index (χ1v) is 12.7. The van der Waals surface area contributed by atoms with Crippen LogP contribution in [0, 0.1) is 11.3 Å².